The third-order valence-corrected chi connectivity index (χ3v) is 4.67. The number of allylic oxidation sites excluding steroid dienone is 2. The number of ether oxygens (including phenoxy) is 1. The maximum Gasteiger partial charge on any atom is 0.155 e. The Labute approximate surface area is 167 Å². The van der Waals surface area contributed by atoms with Crippen LogP contribution in [0.5, 0.6) is 11.5 Å². The van der Waals surface area contributed by atoms with Crippen LogP contribution in [0.2, 0.25) is 0 Å². The van der Waals surface area contributed by atoms with E-state index in [4.69, 9.17) is 4.74 Å². The summed E-state index contributed by atoms with van der Waals surface area (Å²) in [6.07, 6.45) is 5.82. The van der Waals surface area contributed by atoms with Gasteiger partial charge in [-0.05, 0) is 61.9 Å². The molecule has 4 heteroatoms. The number of aliphatic hydroxyl groups is 1. The molecule has 0 aromatic heterocycles. The molecule has 0 saturated carbocycles. The van der Waals surface area contributed by atoms with Crippen molar-refractivity contribution < 1.29 is 19.7 Å². The van der Waals surface area contributed by atoms with Gasteiger partial charge in [0, 0.05) is 5.56 Å². The predicted molar refractivity (Wildman–Crippen MR) is 112 cm³/mol. The molecule has 0 spiro atoms. The van der Waals surface area contributed by atoms with Gasteiger partial charge < -0.3 is 14.9 Å². The van der Waals surface area contributed by atoms with Crippen LogP contribution in [0.3, 0.4) is 0 Å². The molecule has 0 saturated heterocycles. The molecule has 0 heterocycles. The molecule has 1 atom stereocenters. The van der Waals surface area contributed by atoms with Gasteiger partial charge in [0.1, 0.15) is 24.2 Å². The first-order chi connectivity index (χ1) is 13.5. The monoisotopic (exact) mass is 382 g/mol. The smallest absolute Gasteiger partial charge is 0.155 e. The SMILES string of the molecule is CCCC=C(CCCc1ccc(OCC(O)c2ccccc2O)cc1)C(C)=O. The van der Waals surface area contributed by atoms with Crippen LogP contribution in [0.25, 0.3) is 0 Å². The van der Waals surface area contributed by atoms with Gasteiger partial charge in [0.15, 0.2) is 5.78 Å². The number of hydrogen-bond donors (Lipinski definition) is 2. The molecule has 2 rings (SSSR count). The third-order valence-electron chi connectivity index (χ3n) is 4.67. The molecule has 28 heavy (non-hydrogen) atoms. The summed E-state index contributed by atoms with van der Waals surface area (Å²) in [6.45, 7) is 3.82. The number of unbranched alkanes of at least 4 members (excludes halogenated alkanes) is 1. The fourth-order valence-electron chi connectivity index (χ4n) is 3.01. The molecule has 0 aliphatic carbocycles. The summed E-state index contributed by atoms with van der Waals surface area (Å²) in [6, 6.07) is 14.5. The normalized spacial score (nSPS) is 12.6. The Kier molecular flexibility index (Phi) is 8.76. The van der Waals surface area contributed by atoms with Crippen molar-refractivity contribution in [2.75, 3.05) is 6.61 Å². The van der Waals surface area contributed by atoms with Gasteiger partial charge in [0.05, 0.1) is 0 Å². The Bertz CT molecular complexity index is 777. The van der Waals surface area contributed by atoms with E-state index in [0.717, 1.165) is 37.7 Å². The van der Waals surface area contributed by atoms with Crippen LogP contribution >= 0.6 is 0 Å². The highest BCUT2D eigenvalue weighted by molar-refractivity contribution is 5.93. The molecule has 0 aliphatic heterocycles. The molecule has 2 aromatic carbocycles. The first-order valence-electron chi connectivity index (χ1n) is 9.89. The lowest BCUT2D eigenvalue weighted by Crippen LogP contribution is -2.09. The summed E-state index contributed by atoms with van der Waals surface area (Å²) < 4.78 is 5.64. The first-order valence-corrected chi connectivity index (χ1v) is 9.89. The molecule has 0 aliphatic rings. The van der Waals surface area contributed by atoms with Crippen molar-refractivity contribution in [1.29, 1.82) is 0 Å². The maximum atomic E-state index is 11.7. The minimum Gasteiger partial charge on any atom is -0.508 e. The highest BCUT2D eigenvalue weighted by Crippen LogP contribution is 2.24. The maximum absolute atomic E-state index is 11.7. The van der Waals surface area contributed by atoms with E-state index >= 15 is 0 Å². The molecule has 0 radical (unpaired) electrons. The zero-order chi connectivity index (χ0) is 20.4. The van der Waals surface area contributed by atoms with Crippen LogP contribution in [-0.4, -0.2) is 22.6 Å². The lowest BCUT2D eigenvalue weighted by Gasteiger charge is -2.14. The van der Waals surface area contributed by atoms with Gasteiger partial charge in [-0.2, -0.15) is 0 Å². The van der Waals surface area contributed by atoms with Crippen LogP contribution in [0, 0.1) is 0 Å². The van der Waals surface area contributed by atoms with Gasteiger partial charge in [-0.25, -0.2) is 0 Å². The number of phenolic OH excluding ortho intramolecular Hbond substituents is 1. The fourth-order valence-corrected chi connectivity index (χ4v) is 3.01. The number of aromatic hydroxyl groups is 1. The predicted octanol–water partition coefficient (Wildman–Crippen LogP) is 5.14. The Morgan fingerprint density at radius 3 is 2.50 bits per heavy atom. The van der Waals surface area contributed by atoms with Crippen LogP contribution < -0.4 is 4.74 Å². The average molecular weight is 383 g/mol. The Morgan fingerprint density at radius 1 is 1.14 bits per heavy atom. The van der Waals surface area contributed by atoms with Gasteiger partial charge in [-0.15, -0.1) is 0 Å². The van der Waals surface area contributed by atoms with Crippen LogP contribution in [0.15, 0.2) is 60.2 Å². The van der Waals surface area contributed by atoms with E-state index in [2.05, 4.69) is 13.0 Å². The van der Waals surface area contributed by atoms with Crippen LogP contribution in [0.4, 0.5) is 0 Å². The molecule has 150 valence electrons. The summed E-state index contributed by atoms with van der Waals surface area (Å²) in [5.74, 6) is 0.901. The summed E-state index contributed by atoms with van der Waals surface area (Å²) in [5, 5.41) is 20.0. The highest BCUT2D eigenvalue weighted by atomic mass is 16.5. The molecule has 4 nitrogen and oxygen atoms in total. The molecule has 0 bridgehead atoms. The van der Waals surface area contributed by atoms with Crippen LogP contribution in [0.1, 0.15) is 56.8 Å². The van der Waals surface area contributed by atoms with E-state index < -0.39 is 6.10 Å². The van der Waals surface area contributed by atoms with Crippen LogP contribution in [-0.2, 0) is 11.2 Å². The minimum atomic E-state index is -0.888. The second-order valence-corrected chi connectivity index (χ2v) is 6.96. The van der Waals surface area contributed by atoms with E-state index in [-0.39, 0.29) is 18.1 Å². The van der Waals surface area contributed by atoms with Gasteiger partial charge in [0.2, 0.25) is 0 Å². The average Bonchev–Trinajstić information content (AvgIpc) is 2.69. The number of rotatable bonds is 11. The Balaban J connectivity index is 1.81. The molecule has 0 fully saturated rings. The summed E-state index contributed by atoms with van der Waals surface area (Å²) in [7, 11) is 0. The molecule has 0 amide bonds. The Morgan fingerprint density at radius 2 is 1.86 bits per heavy atom. The second-order valence-electron chi connectivity index (χ2n) is 6.96. The number of carbonyl (C=O) groups is 1. The van der Waals surface area contributed by atoms with Gasteiger partial charge in [-0.1, -0.05) is 49.8 Å². The first kappa shape index (κ1) is 21.7. The van der Waals surface area contributed by atoms with E-state index in [1.807, 2.05) is 24.3 Å². The standard InChI is InChI=1S/C24H30O4/c1-3-4-9-20(18(2)25)10-7-8-19-13-15-21(16-14-19)28-17-24(27)22-11-5-6-12-23(22)26/h5-6,9,11-16,24,26-27H,3-4,7-8,10,17H2,1-2H3. The number of Topliss-reactive ketones (excluding diaryl/α,β-unsaturated/α-hetero) is 1. The topological polar surface area (TPSA) is 66.8 Å². The lowest BCUT2D eigenvalue weighted by molar-refractivity contribution is -0.113. The summed E-state index contributed by atoms with van der Waals surface area (Å²) in [4.78, 5) is 11.7. The summed E-state index contributed by atoms with van der Waals surface area (Å²) >= 11 is 0. The van der Waals surface area contributed by atoms with E-state index in [1.54, 1.807) is 31.2 Å². The van der Waals surface area contributed by atoms with Crippen molar-refractivity contribution in [3.8, 4) is 11.5 Å². The van der Waals surface area contributed by atoms with Crippen molar-refractivity contribution >= 4 is 5.78 Å². The van der Waals surface area contributed by atoms with Crippen molar-refractivity contribution in [2.45, 2.75) is 52.1 Å². The quantitative estimate of drug-likeness (QED) is 0.528. The van der Waals surface area contributed by atoms with Crippen molar-refractivity contribution in [2.24, 2.45) is 0 Å². The number of benzene rings is 2. The Hall–Kier alpha value is -2.59. The second kappa shape index (κ2) is 11.3. The van der Waals surface area contributed by atoms with Crippen molar-refractivity contribution in [3.63, 3.8) is 0 Å². The number of para-hydroxylation sites is 1. The molecule has 2 aromatic rings. The molecule has 2 N–H and O–H groups in total. The highest BCUT2D eigenvalue weighted by Gasteiger charge is 2.12. The lowest BCUT2D eigenvalue weighted by atomic mass is 10.0. The molecular weight excluding hydrogens is 352 g/mol. The largest absolute Gasteiger partial charge is 0.508 e. The number of aryl methyl sites for hydroxylation is 1. The third kappa shape index (κ3) is 6.86. The van der Waals surface area contributed by atoms with Crippen molar-refractivity contribution in [1.82, 2.24) is 0 Å². The minimum absolute atomic E-state index is 0.0619. The van der Waals surface area contributed by atoms with E-state index in [1.165, 1.54) is 5.56 Å². The van der Waals surface area contributed by atoms with Gasteiger partial charge in [-0.3, -0.25) is 4.79 Å². The van der Waals surface area contributed by atoms with E-state index in [9.17, 15) is 15.0 Å². The number of hydrogen-bond acceptors (Lipinski definition) is 4. The van der Waals surface area contributed by atoms with Gasteiger partial charge >= 0.3 is 0 Å². The number of aliphatic hydroxyl groups excluding tert-OH is 1. The molecule has 1 unspecified atom stereocenters. The molecular formula is C24H30O4. The number of ketones is 1. The zero-order valence-electron chi connectivity index (χ0n) is 16.7. The number of phenols is 1. The van der Waals surface area contributed by atoms with Crippen molar-refractivity contribution in [3.05, 3.63) is 71.3 Å². The summed E-state index contributed by atoms with van der Waals surface area (Å²) in [5.41, 5.74) is 2.57. The zero-order valence-corrected chi connectivity index (χ0v) is 16.7. The fraction of sp³-hybridized carbons (Fsp3) is 0.375. The number of carbonyl (C=O) groups excluding carboxylic acids is 1. The van der Waals surface area contributed by atoms with E-state index in [0.29, 0.717) is 11.3 Å². The van der Waals surface area contributed by atoms with Gasteiger partial charge in [0.25, 0.3) is 0 Å².